The third kappa shape index (κ3) is 5.14. The van der Waals surface area contributed by atoms with Crippen molar-refractivity contribution in [2.45, 2.75) is 12.1 Å². The van der Waals surface area contributed by atoms with E-state index in [2.05, 4.69) is 26.2 Å². The number of amides is 1. The van der Waals surface area contributed by atoms with Gasteiger partial charge in [-0.3, -0.25) is 4.79 Å². The summed E-state index contributed by atoms with van der Waals surface area (Å²) in [6, 6.07) is 10.0. The minimum absolute atomic E-state index is 0.0848. The van der Waals surface area contributed by atoms with E-state index in [4.69, 9.17) is 5.73 Å². The van der Waals surface area contributed by atoms with E-state index in [9.17, 15) is 22.2 Å². The highest BCUT2D eigenvalue weighted by Gasteiger charge is 2.45. The van der Waals surface area contributed by atoms with Gasteiger partial charge >= 0.3 is 5.51 Å². The molecular weight excluding hydrogens is 550 g/mol. The van der Waals surface area contributed by atoms with Gasteiger partial charge in [-0.25, -0.2) is 22.9 Å². The number of hydrogen-bond acceptors (Lipinski definition) is 6. The van der Waals surface area contributed by atoms with Crippen molar-refractivity contribution in [3.63, 3.8) is 0 Å². The second-order valence-electron chi connectivity index (χ2n) is 8.87. The fourth-order valence-electron chi connectivity index (χ4n) is 4.17. The minimum Gasteiger partial charge on any atom is -0.383 e. The molecule has 2 heterocycles. The minimum atomic E-state index is -5.08. The number of hydrogen-bond donors (Lipinski definition) is 2. The molecular formula is C26H25F4N7O2S. The maximum absolute atomic E-state index is 15.5. The van der Waals surface area contributed by atoms with Gasteiger partial charge in [-0.15, -0.1) is 0 Å². The van der Waals surface area contributed by atoms with Gasteiger partial charge in [0.2, 0.25) is 15.8 Å². The number of aromatic nitrogens is 3. The normalized spacial score (nSPS) is 13.3. The predicted molar refractivity (Wildman–Crippen MR) is 146 cm³/mol. The summed E-state index contributed by atoms with van der Waals surface area (Å²) in [5.74, 6) is -0.875. The topological polar surface area (TPSA) is 118 Å². The molecule has 40 heavy (non-hydrogen) atoms. The average molecular weight is 576 g/mol. The van der Waals surface area contributed by atoms with Crippen LogP contribution in [0.1, 0.15) is 5.56 Å². The van der Waals surface area contributed by atoms with Crippen LogP contribution in [0.2, 0.25) is 0 Å². The molecule has 0 aliphatic heterocycles. The van der Waals surface area contributed by atoms with E-state index in [0.29, 0.717) is 37.7 Å². The van der Waals surface area contributed by atoms with Crippen LogP contribution in [0.3, 0.4) is 0 Å². The number of nitrogens with two attached hydrogens (primary N) is 1. The molecule has 1 unspecified atom stereocenters. The number of carbonyl (C=O) groups is 1. The molecule has 0 saturated carbocycles. The van der Waals surface area contributed by atoms with E-state index < -0.39 is 27.1 Å². The smallest absolute Gasteiger partial charge is 0.383 e. The van der Waals surface area contributed by atoms with Gasteiger partial charge in [-0.1, -0.05) is 24.8 Å². The summed E-state index contributed by atoms with van der Waals surface area (Å²) in [5.41, 5.74) is 3.35. The molecule has 0 aliphatic carbocycles. The van der Waals surface area contributed by atoms with Crippen molar-refractivity contribution in [2.75, 3.05) is 19.8 Å². The fraction of sp³-hybridized carbons (Fsp3) is 0.192. The van der Waals surface area contributed by atoms with Gasteiger partial charge in [0.1, 0.15) is 23.6 Å². The van der Waals surface area contributed by atoms with Crippen LogP contribution in [-0.4, -0.2) is 48.6 Å². The van der Waals surface area contributed by atoms with Crippen molar-refractivity contribution >= 4 is 38.4 Å². The highest BCUT2D eigenvalue weighted by Crippen LogP contribution is 2.43. The maximum atomic E-state index is 15.5. The van der Waals surface area contributed by atoms with Crippen molar-refractivity contribution < 1.29 is 26.6 Å². The average Bonchev–Trinajstić information content (AvgIpc) is 3.20. The second-order valence-corrected chi connectivity index (χ2v) is 11.2. The molecule has 2 aromatic carbocycles. The Morgan fingerprint density at radius 1 is 1.20 bits per heavy atom. The van der Waals surface area contributed by atoms with Crippen molar-refractivity contribution in [3.8, 4) is 22.4 Å². The Labute approximate surface area is 227 Å². The van der Waals surface area contributed by atoms with Crippen LogP contribution in [0, 0.1) is 5.82 Å². The van der Waals surface area contributed by atoms with Crippen LogP contribution in [0.25, 0.3) is 33.4 Å². The van der Waals surface area contributed by atoms with Crippen LogP contribution < -0.4 is 11.1 Å². The van der Waals surface area contributed by atoms with Gasteiger partial charge in [-0.2, -0.15) is 17.5 Å². The van der Waals surface area contributed by atoms with Crippen LogP contribution in [0.5, 0.6) is 0 Å². The van der Waals surface area contributed by atoms with Gasteiger partial charge in [0.15, 0.2) is 0 Å². The molecule has 1 amide bonds. The lowest BCUT2D eigenvalue weighted by Gasteiger charge is -2.19. The van der Waals surface area contributed by atoms with Crippen LogP contribution >= 0.6 is 0 Å². The lowest BCUT2D eigenvalue weighted by atomic mass is 9.97. The number of carbonyl (C=O) groups excluding carboxylic acids is 1. The van der Waals surface area contributed by atoms with Gasteiger partial charge < -0.3 is 15.6 Å². The number of nitrogens with one attached hydrogen (secondary N) is 1. The number of halogens is 4. The second kappa shape index (κ2) is 10.7. The SMILES string of the molecule is C=CC(=O)NCc1ccc(-c2c(-c3ccc(N=S(=O)(N(C)C)C(F)(F)F)cc3)c3c(N)ncnc3n2C)c(F)c1. The first-order valence-corrected chi connectivity index (χ1v) is 13.1. The van der Waals surface area contributed by atoms with E-state index in [-0.39, 0.29) is 23.6 Å². The monoisotopic (exact) mass is 575 g/mol. The quantitative estimate of drug-likeness (QED) is 0.240. The van der Waals surface area contributed by atoms with Gasteiger partial charge in [0.05, 0.1) is 16.8 Å². The van der Waals surface area contributed by atoms with Gasteiger partial charge in [0, 0.05) is 38.8 Å². The molecule has 0 aliphatic rings. The number of anilines is 1. The first kappa shape index (κ1) is 28.7. The first-order valence-electron chi connectivity index (χ1n) is 11.7. The van der Waals surface area contributed by atoms with Crippen molar-refractivity contribution in [2.24, 2.45) is 11.4 Å². The lowest BCUT2D eigenvalue weighted by molar-refractivity contribution is -0.116. The van der Waals surface area contributed by atoms with Crippen LogP contribution in [0.15, 0.2) is 65.8 Å². The molecule has 2 aromatic heterocycles. The lowest BCUT2D eigenvalue weighted by Crippen LogP contribution is -2.35. The maximum Gasteiger partial charge on any atom is 0.493 e. The molecule has 4 aromatic rings. The molecule has 210 valence electrons. The zero-order chi connectivity index (χ0) is 29.4. The largest absolute Gasteiger partial charge is 0.493 e. The van der Waals surface area contributed by atoms with Crippen molar-refractivity contribution in [1.82, 2.24) is 24.2 Å². The summed E-state index contributed by atoms with van der Waals surface area (Å²) in [4.78, 5) is 19.8. The highest BCUT2D eigenvalue weighted by atomic mass is 32.2. The number of alkyl halides is 3. The molecule has 0 bridgehead atoms. The zero-order valence-electron chi connectivity index (χ0n) is 21.7. The van der Waals surface area contributed by atoms with E-state index in [1.165, 1.54) is 36.7 Å². The van der Waals surface area contributed by atoms with Crippen molar-refractivity contribution in [1.29, 1.82) is 0 Å². The predicted octanol–water partition coefficient (Wildman–Crippen LogP) is 4.92. The number of fused-ring (bicyclic) bond motifs is 1. The summed E-state index contributed by atoms with van der Waals surface area (Å²) in [5, 5.41) is 3.00. The number of nitrogen functional groups attached to an aromatic ring is 1. The zero-order valence-corrected chi connectivity index (χ0v) is 22.5. The van der Waals surface area contributed by atoms with Crippen LogP contribution in [-0.2, 0) is 28.3 Å². The van der Waals surface area contributed by atoms with E-state index >= 15 is 4.39 Å². The summed E-state index contributed by atoms with van der Waals surface area (Å²) < 4.78 is 74.3. The molecule has 4 rings (SSSR count). The summed E-state index contributed by atoms with van der Waals surface area (Å²) in [7, 11) is -0.991. The van der Waals surface area contributed by atoms with Gasteiger partial charge in [0.25, 0.3) is 0 Å². The Kier molecular flexibility index (Phi) is 7.67. The molecule has 3 N–H and O–H groups in total. The standard InChI is InChI=1S/C26H25F4N7O2S/c1-5-20(38)32-13-15-6-11-18(19(27)12-15)23-21(22-24(31)33-14-34-25(22)37(23)4)16-7-9-17(10-8-16)35-40(39,36(2)3)26(28,29)30/h5-12,14H,1,13H2,2-4H3,(H,32,38)(H2,31,33,34). The summed E-state index contributed by atoms with van der Waals surface area (Å²) in [6.45, 7) is 3.46. The molecule has 1 atom stereocenters. The first-order chi connectivity index (χ1) is 18.8. The molecule has 14 heteroatoms. The highest BCUT2D eigenvalue weighted by molar-refractivity contribution is 7.92. The summed E-state index contributed by atoms with van der Waals surface area (Å²) in [6.07, 6.45) is 2.38. The number of nitrogens with zero attached hydrogens (tertiary/aromatic N) is 5. The number of benzene rings is 2. The van der Waals surface area contributed by atoms with Crippen molar-refractivity contribution in [3.05, 3.63) is 72.8 Å². The Morgan fingerprint density at radius 2 is 1.88 bits per heavy atom. The molecule has 0 saturated heterocycles. The number of aryl methyl sites for hydroxylation is 1. The Morgan fingerprint density at radius 3 is 2.45 bits per heavy atom. The number of rotatable bonds is 7. The third-order valence-corrected chi connectivity index (χ3v) is 8.17. The van der Waals surface area contributed by atoms with Crippen LogP contribution in [0.4, 0.5) is 29.1 Å². The molecule has 0 fully saturated rings. The molecule has 0 radical (unpaired) electrons. The summed E-state index contributed by atoms with van der Waals surface area (Å²) >= 11 is 0. The molecule has 0 spiro atoms. The third-order valence-electron chi connectivity index (χ3n) is 6.12. The Hall–Kier alpha value is -4.30. The fourth-order valence-corrected chi connectivity index (χ4v) is 5.25. The van der Waals surface area contributed by atoms with E-state index in [0.717, 1.165) is 20.2 Å². The Bertz CT molecular complexity index is 1740. The molecule has 9 nitrogen and oxygen atoms in total. The van der Waals surface area contributed by atoms with Gasteiger partial charge in [-0.05, 0) is 41.5 Å². The van der Waals surface area contributed by atoms with E-state index in [1.807, 2.05) is 0 Å². The Balaban J connectivity index is 1.89. The van der Waals surface area contributed by atoms with E-state index in [1.54, 1.807) is 23.7 Å².